The number of carbonyl (C=O) groups excluding carboxylic acids is 2. The minimum atomic E-state index is -1.32. The van der Waals surface area contributed by atoms with Crippen LogP contribution in [0.3, 0.4) is 0 Å². The third-order valence-electron chi connectivity index (χ3n) is 1.74. The molecule has 5 N–H and O–H groups in total. The number of primary amides is 1. The molecule has 0 aliphatic carbocycles. The predicted molar refractivity (Wildman–Crippen MR) is 58.3 cm³/mol. The molecule has 8 nitrogen and oxygen atoms in total. The smallest absolute Gasteiger partial charge is 0.326 e. The molecular weight excluding hydrogens is 230 g/mol. The minimum Gasteiger partial charge on any atom is -0.480 e. The van der Waals surface area contributed by atoms with Crippen LogP contribution in [0.25, 0.3) is 0 Å². The molecule has 98 valence electrons. The van der Waals surface area contributed by atoms with E-state index in [9.17, 15) is 14.4 Å². The molecule has 0 bridgehead atoms. The molecule has 0 aromatic carbocycles. The van der Waals surface area contributed by atoms with Gasteiger partial charge in [0, 0.05) is 13.2 Å². The van der Waals surface area contributed by atoms with Crippen molar-refractivity contribution >= 4 is 17.9 Å². The molecule has 0 saturated heterocycles. The van der Waals surface area contributed by atoms with Gasteiger partial charge < -0.3 is 26.2 Å². The number of urea groups is 1. The van der Waals surface area contributed by atoms with Gasteiger partial charge in [-0.25, -0.2) is 9.59 Å². The van der Waals surface area contributed by atoms with Crippen molar-refractivity contribution in [3.05, 3.63) is 0 Å². The Hall–Kier alpha value is -1.83. The van der Waals surface area contributed by atoms with Crippen molar-refractivity contribution in [1.29, 1.82) is 0 Å². The van der Waals surface area contributed by atoms with Gasteiger partial charge in [0.15, 0.2) is 0 Å². The summed E-state index contributed by atoms with van der Waals surface area (Å²) in [6.45, 7) is 2.93. The summed E-state index contributed by atoms with van der Waals surface area (Å²) in [7, 11) is 0. The average molecular weight is 247 g/mol. The van der Waals surface area contributed by atoms with Gasteiger partial charge in [0.1, 0.15) is 6.04 Å². The minimum absolute atomic E-state index is 0.253. The number of ether oxygens (including phenoxy) is 1. The molecule has 0 aliphatic rings. The number of carboxylic acid groups (broad SMARTS) is 1. The number of nitrogens with one attached hydrogen (secondary N) is 2. The maximum absolute atomic E-state index is 11.2. The van der Waals surface area contributed by atoms with E-state index in [4.69, 9.17) is 15.6 Å². The Morgan fingerprint density at radius 2 is 2.06 bits per heavy atom. The van der Waals surface area contributed by atoms with E-state index in [0.29, 0.717) is 13.2 Å². The van der Waals surface area contributed by atoms with Crippen molar-refractivity contribution in [2.45, 2.75) is 19.4 Å². The van der Waals surface area contributed by atoms with E-state index in [1.807, 2.05) is 6.92 Å². The van der Waals surface area contributed by atoms with Gasteiger partial charge in [0.25, 0.3) is 0 Å². The number of rotatable bonds is 8. The second kappa shape index (κ2) is 8.34. The molecule has 0 spiro atoms. The van der Waals surface area contributed by atoms with Gasteiger partial charge in [-0.15, -0.1) is 0 Å². The maximum Gasteiger partial charge on any atom is 0.326 e. The lowest BCUT2D eigenvalue weighted by Crippen LogP contribution is -2.48. The van der Waals surface area contributed by atoms with Crippen LogP contribution in [0.2, 0.25) is 0 Å². The molecule has 0 radical (unpaired) electrons. The first-order chi connectivity index (χ1) is 7.97. The average Bonchev–Trinajstić information content (AvgIpc) is 2.22. The fraction of sp³-hybridized carbons (Fsp3) is 0.667. The highest BCUT2D eigenvalue weighted by molar-refractivity contribution is 5.87. The van der Waals surface area contributed by atoms with Crippen LogP contribution in [-0.2, 0) is 14.3 Å². The zero-order valence-electron chi connectivity index (χ0n) is 9.56. The van der Waals surface area contributed by atoms with Crippen LogP contribution in [0.5, 0.6) is 0 Å². The highest BCUT2D eigenvalue weighted by Gasteiger charge is 2.21. The van der Waals surface area contributed by atoms with E-state index < -0.39 is 30.4 Å². The molecule has 3 amide bonds. The highest BCUT2D eigenvalue weighted by Crippen LogP contribution is 1.91. The Morgan fingerprint density at radius 3 is 2.53 bits per heavy atom. The summed E-state index contributed by atoms with van der Waals surface area (Å²) in [5.41, 5.74) is 4.85. The van der Waals surface area contributed by atoms with Crippen LogP contribution < -0.4 is 16.4 Å². The summed E-state index contributed by atoms with van der Waals surface area (Å²) >= 11 is 0. The summed E-state index contributed by atoms with van der Waals surface area (Å²) < 4.78 is 4.97. The summed E-state index contributed by atoms with van der Waals surface area (Å²) in [5.74, 6) is -2.12. The summed E-state index contributed by atoms with van der Waals surface area (Å²) in [5, 5.41) is 13.2. The van der Waals surface area contributed by atoms with Crippen molar-refractivity contribution in [3.63, 3.8) is 0 Å². The fourth-order valence-corrected chi connectivity index (χ4v) is 0.992. The molecule has 0 rings (SSSR count). The van der Waals surface area contributed by atoms with E-state index in [2.05, 4.69) is 10.6 Å². The Kier molecular flexibility index (Phi) is 7.44. The van der Waals surface area contributed by atoms with E-state index in [-0.39, 0.29) is 6.54 Å². The molecule has 1 atom stereocenters. The van der Waals surface area contributed by atoms with Crippen LogP contribution in [0.4, 0.5) is 4.79 Å². The SMILES string of the molecule is CCOCCNC(=O)NC(CC(N)=O)C(=O)O. The van der Waals surface area contributed by atoms with Gasteiger partial charge >= 0.3 is 12.0 Å². The van der Waals surface area contributed by atoms with Gasteiger partial charge in [0.2, 0.25) is 5.91 Å². The molecule has 17 heavy (non-hydrogen) atoms. The van der Waals surface area contributed by atoms with E-state index in [1.165, 1.54) is 0 Å². The van der Waals surface area contributed by atoms with Crippen LogP contribution in [0.15, 0.2) is 0 Å². The van der Waals surface area contributed by atoms with E-state index in [0.717, 1.165) is 0 Å². The normalized spacial score (nSPS) is 11.6. The summed E-state index contributed by atoms with van der Waals surface area (Å²) in [6, 6.07) is -2.00. The van der Waals surface area contributed by atoms with Crippen LogP contribution in [0, 0.1) is 0 Å². The lowest BCUT2D eigenvalue weighted by atomic mass is 10.2. The van der Waals surface area contributed by atoms with Gasteiger partial charge in [-0.3, -0.25) is 4.79 Å². The first-order valence-corrected chi connectivity index (χ1v) is 5.10. The number of carbonyl (C=O) groups is 3. The topological polar surface area (TPSA) is 131 Å². The van der Waals surface area contributed by atoms with Crippen LogP contribution in [-0.4, -0.2) is 48.8 Å². The molecular formula is C9H17N3O5. The zero-order chi connectivity index (χ0) is 13.3. The van der Waals surface area contributed by atoms with Gasteiger partial charge in [-0.2, -0.15) is 0 Å². The first-order valence-electron chi connectivity index (χ1n) is 5.10. The van der Waals surface area contributed by atoms with Crippen LogP contribution in [0.1, 0.15) is 13.3 Å². The number of carboxylic acids is 1. The molecule has 1 unspecified atom stereocenters. The lowest BCUT2D eigenvalue weighted by molar-refractivity contribution is -0.140. The standard InChI is InChI=1S/C9H17N3O5/c1-2-17-4-3-11-9(16)12-6(8(14)15)5-7(10)13/h6H,2-5H2,1H3,(H2,10,13)(H,14,15)(H2,11,12,16). The molecule has 0 heterocycles. The molecule has 0 aromatic rings. The molecule has 0 saturated carbocycles. The number of amides is 3. The van der Waals surface area contributed by atoms with Crippen molar-refractivity contribution in [1.82, 2.24) is 10.6 Å². The quantitative estimate of drug-likeness (QED) is 0.394. The Bertz CT molecular complexity index is 282. The number of hydrogen-bond acceptors (Lipinski definition) is 4. The zero-order valence-corrected chi connectivity index (χ0v) is 9.56. The van der Waals surface area contributed by atoms with E-state index >= 15 is 0 Å². The number of nitrogens with two attached hydrogens (primary N) is 1. The van der Waals surface area contributed by atoms with Gasteiger partial charge in [-0.1, -0.05) is 0 Å². The summed E-state index contributed by atoms with van der Waals surface area (Å²) in [4.78, 5) is 32.4. The summed E-state index contributed by atoms with van der Waals surface area (Å²) in [6.07, 6.45) is -0.450. The van der Waals surface area contributed by atoms with E-state index in [1.54, 1.807) is 0 Å². The molecule has 0 aromatic heterocycles. The van der Waals surface area contributed by atoms with Gasteiger partial charge in [0.05, 0.1) is 13.0 Å². The number of hydrogen-bond donors (Lipinski definition) is 4. The van der Waals surface area contributed by atoms with Crippen molar-refractivity contribution in [3.8, 4) is 0 Å². The molecule has 0 fully saturated rings. The monoisotopic (exact) mass is 247 g/mol. The molecule has 0 aliphatic heterocycles. The van der Waals surface area contributed by atoms with Crippen LogP contribution >= 0.6 is 0 Å². The second-order valence-electron chi connectivity index (χ2n) is 3.16. The Morgan fingerprint density at radius 1 is 1.41 bits per heavy atom. The van der Waals surface area contributed by atoms with Gasteiger partial charge in [-0.05, 0) is 6.92 Å². The largest absolute Gasteiger partial charge is 0.480 e. The fourth-order valence-electron chi connectivity index (χ4n) is 0.992. The Balaban J connectivity index is 3.96. The first kappa shape index (κ1) is 15.2. The highest BCUT2D eigenvalue weighted by atomic mass is 16.5. The predicted octanol–water partition coefficient (Wildman–Crippen LogP) is -1.35. The number of aliphatic carboxylic acids is 1. The molecule has 8 heteroatoms. The third kappa shape index (κ3) is 8.03. The van der Waals surface area contributed by atoms with Crippen molar-refractivity contribution < 1.29 is 24.2 Å². The Labute approximate surface area is 98.5 Å². The lowest BCUT2D eigenvalue weighted by Gasteiger charge is -2.13. The van der Waals surface area contributed by atoms with Crippen molar-refractivity contribution in [2.75, 3.05) is 19.8 Å². The second-order valence-corrected chi connectivity index (χ2v) is 3.16. The maximum atomic E-state index is 11.2. The van der Waals surface area contributed by atoms with Crippen molar-refractivity contribution in [2.24, 2.45) is 5.73 Å². The third-order valence-corrected chi connectivity index (χ3v) is 1.74.